The van der Waals surface area contributed by atoms with E-state index in [0.29, 0.717) is 33.6 Å². The van der Waals surface area contributed by atoms with Gasteiger partial charge in [-0.05, 0) is 46.9 Å². The van der Waals surface area contributed by atoms with Gasteiger partial charge in [0.15, 0.2) is 5.16 Å². The lowest BCUT2D eigenvalue weighted by Gasteiger charge is -2.13. The summed E-state index contributed by atoms with van der Waals surface area (Å²) in [7, 11) is 0. The first kappa shape index (κ1) is 21.8. The molecule has 0 fully saturated rings. The molecule has 0 aliphatic heterocycles. The molecule has 3 heterocycles. The summed E-state index contributed by atoms with van der Waals surface area (Å²) in [5, 5.41) is 1.50. The van der Waals surface area contributed by atoms with Crippen LogP contribution < -0.4 is 5.56 Å². The Hall–Kier alpha value is -3.03. The smallest absolute Gasteiger partial charge is 0.272 e. The average molecular weight is 476 g/mol. The highest BCUT2D eigenvalue weighted by molar-refractivity contribution is 7.98. The number of thioether (sulfide) groups is 1. The Balaban J connectivity index is 1.59. The quantitative estimate of drug-likeness (QED) is 0.205. The lowest BCUT2D eigenvalue weighted by atomic mass is 10.0. The number of aromatic nitrogens is 3. The van der Waals surface area contributed by atoms with Gasteiger partial charge >= 0.3 is 0 Å². The fraction of sp³-hybridized carbons (Fsp3) is 0.192. The first-order valence-electron chi connectivity index (χ1n) is 10.7. The molecular formula is C26H22FN3OS2. The van der Waals surface area contributed by atoms with Gasteiger partial charge in [0.25, 0.3) is 5.56 Å². The first-order valence-corrected chi connectivity index (χ1v) is 12.5. The van der Waals surface area contributed by atoms with Crippen LogP contribution in [-0.4, -0.2) is 14.5 Å². The first-order chi connectivity index (χ1) is 16.0. The van der Waals surface area contributed by atoms with Crippen molar-refractivity contribution in [2.75, 3.05) is 0 Å². The SMILES string of the molecule is CC(C)c1ccc(Cn2c(SCc3cccc(F)c3)nc3c(sc4ncccc43)c2=O)cc1. The van der Waals surface area contributed by atoms with Crippen LogP contribution in [-0.2, 0) is 12.3 Å². The van der Waals surface area contributed by atoms with Gasteiger partial charge in [0.1, 0.15) is 15.3 Å². The van der Waals surface area contributed by atoms with Gasteiger partial charge in [-0.1, -0.05) is 62.0 Å². The normalized spacial score (nSPS) is 11.6. The molecule has 4 nitrogen and oxygen atoms in total. The summed E-state index contributed by atoms with van der Waals surface area (Å²) in [5.41, 5.74) is 3.75. The number of thiophene rings is 1. The standard InChI is InChI=1S/C26H22FN3OS2/c1-16(2)19-10-8-17(9-11-19)14-30-25(31)23-22(21-7-4-12-28-24(21)33-23)29-26(30)32-15-18-5-3-6-20(27)13-18/h3-13,16H,14-15H2,1-2H3. The molecule has 0 atom stereocenters. The van der Waals surface area contributed by atoms with Gasteiger partial charge < -0.3 is 0 Å². The van der Waals surface area contributed by atoms with Gasteiger partial charge in [-0.15, -0.1) is 11.3 Å². The Kier molecular flexibility index (Phi) is 6.00. The Labute approximate surface area is 199 Å². The molecule has 0 N–H and O–H groups in total. The van der Waals surface area contributed by atoms with E-state index in [9.17, 15) is 9.18 Å². The van der Waals surface area contributed by atoms with Gasteiger partial charge in [-0.25, -0.2) is 14.4 Å². The molecule has 0 aliphatic rings. The third kappa shape index (κ3) is 4.43. The topological polar surface area (TPSA) is 47.8 Å². The molecule has 0 bridgehead atoms. The highest BCUT2D eigenvalue weighted by Gasteiger charge is 2.17. The maximum atomic E-state index is 13.7. The number of fused-ring (bicyclic) bond motifs is 3. The van der Waals surface area contributed by atoms with E-state index in [1.807, 2.05) is 18.2 Å². The van der Waals surface area contributed by atoms with Crippen LogP contribution in [0.5, 0.6) is 0 Å². The van der Waals surface area contributed by atoms with Crippen LogP contribution >= 0.6 is 23.1 Å². The van der Waals surface area contributed by atoms with Crippen molar-refractivity contribution in [1.29, 1.82) is 0 Å². The Bertz CT molecular complexity index is 1510. The van der Waals surface area contributed by atoms with Gasteiger partial charge in [0.05, 0.1) is 12.1 Å². The van der Waals surface area contributed by atoms with Crippen LogP contribution in [0, 0.1) is 5.82 Å². The number of hydrogen-bond donors (Lipinski definition) is 0. The minimum atomic E-state index is -0.269. The molecule has 166 valence electrons. The third-order valence-corrected chi connectivity index (χ3v) is 7.70. The molecule has 0 radical (unpaired) electrons. The van der Waals surface area contributed by atoms with Crippen LogP contribution in [0.15, 0.2) is 76.8 Å². The summed E-state index contributed by atoms with van der Waals surface area (Å²) in [4.78, 5) is 23.7. The summed E-state index contributed by atoms with van der Waals surface area (Å²) >= 11 is 2.83. The molecule has 2 aromatic carbocycles. The van der Waals surface area contributed by atoms with E-state index in [0.717, 1.165) is 21.3 Å². The molecule has 0 amide bonds. The van der Waals surface area contributed by atoms with Crippen LogP contribution in [0.3, 0.4) is 0 Å². The molecule has 5 aromatic rings. The molecule has 0 spiro atoms. The zero-order valence-electron chi connectivity index (χ0n) is 18.3. The number of rotatable bonds is 6. The van der Waals surface area contributed by atoms with E-state index in [4.69, 9.17) is 4.98 Å². The van der Waals surface area contributed by atoms with Crippen molar-refractivity contribution in [3.05, 3.63) is 99.7 Å². The maximum Gasteiger partial charge on any atom is 0.272 e. The molecule has 7 heteroatoms. The van der Waals surface area contributed by atoms with Crippen molar-refractivity contribution in [3.63, 3.8) is 0 Å². The van der Waals surface area contributed by atoms with Gasteiger partial charge in [0, 0.05) is 17.3 Å². The molecule has 5 rings (SSSR count). The zero-order valence-corrected chi connectivity index (χ0v) is 19.9. The van der Waals surface area contributed by atoms with Crippen LogP contribution in [0.1, 0.15) is 36.5 Å². The number of nitrogens with zero attached hydrogens (tertiary/aromatic N) is 3. The van der Waals surface area contributed by atoms with E-state index in [1.165, 1.54) is 40.8 Å². The lowest BCUT2D eigenvalue weighted by Crippen LogP contribution is -2.23. The second-order valence-electron chi connectivity index (χ2n) is 8.24. The highest BCUT2D eigenvalue weighted by atomic mass is 32.2. The second kappa shape index (κ2) is 9.08. The zero-order chi connectivity index (χ0) is 22.9. The van der Waals surface area contributed by atoms with Crippen molar-refractivity contribution in [2.45, 2.75) is 37.2 Å². The predicted octanol–water partition coefficient (Wildman–Crippen LogP) is 6.61. The second-order valence-corrected chi connectivity index (χ2v) is 10.2. The van der Waals surface area contributed by atoms with Crippen molar-refractivity contribution < 1.29 is 4.39 Å². The van der Waals surface area contributed by atoms with E-state index in [1.54, 1.807) is 16.8 Å². The van der Waals surface area contributed by atoms with Crippen LogP contribution in [0.4, 0.5) is 4.39 Å². The number of benzene rings is 2. The van der Waals surface area contributed by atoms with E-state index in [-0.39, 0.29) is 11.4 Å². The summed E-state index contributed by atoms with van der Waals surface area (Å²) in [5.74, 6) is 0.694. The maximum absolute atomic E-state index is 13.7. The molecule has 0 aliphatic carbocycles. The van der Waals surface area contributed by atoms with E-state index in [2.05, 4.69) is 43.1 Å². The molecule has 0 saturated heterocycles. The fourth-order valence-corrected chi connectivity index (χ4v) is 5.72. The summed E-state index contributed by atoms with van der Waals surface area (Å²) in [6.07, 6.45) is 1.73. The minimum absolute atomic E-state index is 0.0716. The molecule has 0 unspecified atom stereocenters. The third-order valence-electron chi connectivity index (χ3n) is 5.56. The van der Waals surface area contributed by atoms with Crippen LogP contribution in [0.2, 0.25) is 0 Å². The number of pyridine rings is 1. The van der Waals surface area contributed by atoms with Gasteiger partial charge in [0.2, 0.25) is 0 Å². The number of hydrogen-bond acceptors (Lipinski definition) is 5. The van der Waals surface area contributed by atoms with Crippen molar-refractivity contribution in [1.82, 2.24) is 14.5 Å². The lowest BCUT2D eigenvalue weighted by molar-refractivity contribution is 0.626. The van der Waals surface area contributed by atoms with E-state index < -0.39 is 0 Å². The predicted molar refractivity (Wildman–Crippen MR) is 135 cm³/mol. The van der Waals surface area contributed by atoms with Crippen molar-refractivity contribution in [3.8, 4) is 0 Å². The average Bonchev–Trinajstić information content (AvgIpc) is 3.19. The Morgan fingerprint density at radius 3 is 2.64 bits per heavy atom. The molecule has 3 aromatic heterocycles. The fourth-order valence-electron chi connectivity index (χ4n) is 3.76. The van der Waals surface area contributed by atoms with Crippen molar-refractivity contribution >= 4 is 43.5 Å². The molecular weight excluding hydrogens is 453 g/mol. The van der Waals surface area contributed by atoms with Gasteiger partial charge in [-0.2, -0.15) is 0 Å². The van der Waals surface area contributed by atoms with Crippen LogP contribution in [0.25, 0.3) is 20.4 Å². The van der Waals surface area contributed by atoms with Gasteiger partial charge in [-0.3, -0.25) is 9.36 Å². The molecule has 33 heavy (non-hydrogen) atoms. The Morgan fingerprint density at radius 2 is 1.88 bits per heavy atom. The van der Waals surface area contributed by atoms with E-state index >= 15 is 0 Å². The summed E-state index contributed by atoms with van der Waals surface area (Å²) in [6, 6.07) is 18.7. The highest BCUT2D eigenvalue weighted by Crippen LogP contribution is 2.31. The monoisotopic (exact) mass is 475 g/mol. The summed E-state index contributed by atoms with van der Waals surface area (Å²) in [6.45, 7) is 4.75. The van der Waals surface area contributed by atoms with Crippen molar-refractivity contribution in [2.24, 2.45) is 0 Å². The summed E-state index contributed by atoms with van der Waals surface area (Å²) < 4.78 is 16.0. The number of halogens is 1. The largest absolute Gasteiger partial charge is 0.282 e. The Morgan fingerprint density at radius 1 is 1.06 bits per heavy atom. The minimum Gasteiger partial charge on any atom is -0.282 e. The molecule has 0 saturated carbocycles.